The van der Waals surface area contributed by atoms with E-state index in [9.17, 15) is 0 Å². The molecule has 0 amide bonds. The number of rotatable bonds is 4. The van der Waals surface area contributed by atoms with Crippen LogP contribution in [0.25, 0.3) is 0 Å². The molecule has 3 saturated heterocycles. The number of benzene rings is 2. The van der Waals surface area contributed by atoms with Gasteiger partial charge in [0.1, 0.15) is 0 Å². The zero-order chi connectivity index (χ0) is 20.3. The van der Waals surface area contributed by atoms with Crippen molar-refractivity contribution in [3.63, 3.8) is 0 Å². The molecule has 0 radical (unpaired) electrons. The molecule has 176 valence electrons. The lowest BCUT2D eigenvalue weighted by Gasteiger charge is -2.47. The van der Waals surface area contributed by atoms with Crippen molar-refractivity contribution in [3.05, 3.63) is 71.8 Å². The number of fused-ring (bicyclic) bond motifs is 4. The van der Waals surface area contributed by atoms with Gasteiger partial charge in [-0.2, -0.15) is 0 Å². The van der Waals surface area contributed by atoms with Crippen molar-refractivity contribution in [3.8, 4) is 0 Å². The molecule has 3 aliphatic heterocycles. The van der Waals surface area contributed by atoms with E-state index in [2.05, 4.69) is 60.7 Å². The maximum absolute atomic E-state index is 2.36. The van der Waals surface area contributed by atoms with Gasteiger partial charge in [-0.3, -0.25) is 0 Å². The van der Waals surface area contributed by atoms with Crippen LogP contribution in [0.2, 0.25) is 0 Å². The minimum absolute atomic E-state index is 0. The summed E-state index contributed by atoms with van der Waals surface area (Å²) in [6.45, 7) is 8.36. The summed E-state index contributed by atoms with van der Waals surface area (Å²) in [6.07, 6.45) is 11.1. The summed E-state index contributed by atoms with van der Waals surface area (Å²) in [6, 6.07) is 22.7. The van der Waals surface area contributed by atoms with Gasteiger partial charge in [-0.15, -0.1) is 0 Å². The molecule has 0 spiro atoms. The van der Waals surface area contributed by atoms with Crippen molar-refractivity contribution in [2.24, 2.45) is 10.8 Å². The fraction of sp³-hybridized carbons (Fsp3) is 0.571. The van der Waals surface area contributed by atoms with E-state index in [1.54, 1.807) is 11.1 Å². The first-order valence-electron chi connectivity index (χ1n) is 12.5. The van der Waals surface area contributed by atoms with Crippen LogP contribution in [0.15, 0.2) is 60.7 Å². The third-order valence-corrected chi connectivity index (χ3v) is 8.59. The molecular weight excluding hydrogens is 524 g/mol. The van der Waals surface area contributed by atoms with E-state index < -0.39 is 0 Å². The molecule has 4 unspecified atom stereocenters. The summed E-state index contributed by atoms with van der Waals surface area (Å²) in [7, 11) is 0. The largest absolute Gasteiger partial charge is 1.00 e. The second-order valence-corrected chi connectivity index (χ2v) is 10.9. The van der Waals surface area contributed by atoms with Crippen LogP contribution >= 0.6 is 0 Å². The fourth-order valence-electron chi connectivity index (χ4n) is 7.11. The highest BCUT2D eigenvalue weighted by molar-refractivity contribution is 5.18. The van der Waals surface area contributed by atoms with Gasteiger partial charge in [0.05, 0.1) is 39.3 Å². The van der Waals surface area contributed by atoms with Gasteiger partial charge in [0.2, 0.25) is 0 Å². The Bertz CT molecular complexity index is 745. The third kappa shape index (κ3) is 6.25. The van der Waals surface area contributed by atoms with Gasteiger partial charge in [-0.25, -0.2) is 0 Å². The Morgan fingerprint density at radius 2 is 0.938 bits per heavy atom. The van der Waals surface area contributed by atoms with Crippen LogP contribution in [0.3, 0.4) is 0 Å². The molecule has 0 aliphatic carbocycles. The van der Waals surface area contributed by atoms with Gasteiger partial charge in [0.15, 0.2) is 0 Å². The number of halogens is 2. The molecule has 32 heavy (non-hydrogen) atoms. The van der Waals surface area contributed by atoms with Crippen LogP contribution in [0.1, 0.15) is 49.7 Å². The number of nitrogens with one attached hydrogen (secondary N) is 2. The first kappa shape index (κ1) is 25.9. The van der Waals surface area contributed by atoms with Crippen molar-refractivity contribution in [2.75, 3.05) is 39.3 Å². The van der Waals surface area contributed by atoms with Gasteiger partial charge in [-0.1, -0.05) is 60.7 Å². The topological polar surface area (TPSA) is 8.88 Å². The quantitative estimate of drug-likeness (QED) is 0.384. The average molecular weight is 564 g/mol. The van der Waals surface area contributed by atoms with Crippen molar-refractivity contribution in [1.82, 2.24) is 0 Å². The van der Waals surface area contributed by atoms with Crippen molar-refractivity contribution >= 4 is 0 Å². The molecule has 2 nitrogen and oxygen atoms in total. The Hall–Kier alpha value is -0.680. The zero-order valence-electron chi connectivity index (χ0n) is 19.4. The second kappa shape index (κ2) is 11.6. The number of hydrogen-bond donors (Lipinski definition) is 2. The van der Waals surface area contributed by atoms with Crippen LogP contribution in [0, 0.1) is 10.8 Å². The van der Waals surface area contributed by atoms with E-state index in [4.69, 9.17) is 0 Å². The Balaban J connectivity index is 0.00000144. The predicted molar refractivity (Wildman–Crippen MR) is 124 cm³/mol. The molecule has 0 saturated carbocycles. The summed E-state index contributed by atoms with van der Waals surface area (Å²) in [4.78, 5) is 3.80. The highest BCUT2D eigenvalue weighted by Crippen LogP contribution is 2.36. The minimum atomic E-state index is 0. The minimum Gasteiger partial charge on any atom is -1.00 e. The van der Waals surface area contributed by atoms with Crippen LogP contribution in [-0.2, 0) is 12.8 Å². The van der Waals surface area contributed by atoms with Gasteiger partial charge >= 0.3 is 0 Å². The molecule has 2 N–H and O–H groups in total. The van der Waals surface area contributed by atoms with Gasteiger partial charge in [0, 0.05) is 23.7 Å². The highest BCUT2D eigenvalue weighted by Gasteiger charge is 2.44. The van der Waals surface area contributed by atoms with E-state index >= 15 is 0 Å². The molecule has 5 rings (SSSR count). The summed E-state index contributed by atoms with van der Waals surface area (Å²) in [5, 5.41) is 0. The monoisotopic (exact) mass is 562 g/mol. The van der Waals surface area contributed by atoms with Crippen molar-refractivity contribution in [2.45, 2.75) is 51.4 Å². The van der Waals surface area contributed by atoms with Crippen LogP contribution in [-0.4, -0.2) is 39.3 Å². The smallest absolute Gasteiger partial charge is 0.0833 e. The second-order valence-electron chi connectivity index (χ2n) is 10.9. The molecular formula is C28H40Br2N2. The molecule has 2 aromatic carbocycles. The Morgan fingerprint density at radius 1 is 0.531 bits per heavy atom. The average Bonchev–Trinajstić information content (AvgIpc) is 2.78. The summed E-state index contributed by atoms with van der Waals surface area (Å²) < 4.78 is 0. The SMILES string of the molecule is [Br-].[Br-].c1ccc(CC23CCC[NH+](CCC4(Cc5ccccc5)CCC[NH+](CC2)C4)C3)cc1. The third-order valence-electron chi connectivity index (χ3n) is 8.59. The van der Waals surface area contributed by atoms with E-state index in [0.717, 1.165) is 0 Å². The summed E-state index contributed by atoms with van der Waals surface area (Å²) >= 11 is 0. The van der Waals surface area contributed by atoms with E-state index in [1.165, 1.54) is 90.6 Å². The van der Waals surface area contributed by atoms with E-state index in [1.807, 2.05) is 9.80 Å². The molecule has 3 fully saturated rings. The lowest BCUT2D eigenvalue weighted by atomic mass is 9.69. The molecule has 3 aliphatic rings. The van der Waals surface area contributed by atoms with E-state index in [-0.39, 0.29) is 34.0 Å². The molecule has 4 heteroatoms. The maximum Gasteiger partial charge on any atom is 0.0833 e. The molecule has 2 aromatic rings. The summed E-state index contributed by atoms with van der Waals surface area (Å²) in [5.74, 6) is 0. The highest BCUT2D eigenvalue weighted by atomic mass is 79.9. The Labute approximate surface area is 216 Å². The van der Waals surface area contributed by atoms with E-state index in [0.29, 0.717) is 10.8 Å². The van der Waals surface area contributed by atoms with Gasteiger partial charge < -0.3 is 43.8 Å². The van der Waals surface area contributed by atoms with Crippen LogP contribution in [0.4, 0.5) is 0 Å². The first-order chi connectivity index (χ1) is 14.7. The van der Waals surface area contributed by atoms with Crippen molar-refractivity contribution < 1.29 is 43.8 Å². The standard InChI is InChI=1S/C28H38N2.2BrH/c1-3-9-25(10-4-1)21-27-13-7-17-29(23-27)20-16-28(22-26-11-5-2-6-12-26)14-8-18-30(24-28)19-15-27;;/h1-6,9-12H,7-8,13-24H2;2*1H. The molecule has 3 heterocycles. The lowest BCUT2D eigenvalue weighted by Crippen LogP contribution is -3.17. The fourth-order valence-corrected chi connectivity index (χ4v) is 7.11. The lowest BCUT2D eigenvalue weighted by molar-refractivity contribution is -0.931. The molecule has 4 bridgehead atoms. The summed E-state index contributed by atoms with van der Waals surface area (Å²) in [5.41, 5.74) is 4.17. The Kier molecular flexibility index (Phi) is 9.43. The normalized spacial score (nSPS) is 32.1. The van der Waals surface area contributed by atoms with Crippen molar-refractivity contribution in [1.29, 1.82) is 0 Å². The first-order valence-corrected chi connectivity index (χ1v) is 12.5. The van der Waals surface area contributed by atoms with Gasteiger partial charge in [-0.05, 0) is 49.7 Å². The Morgan fingerprint density at radius 3 is 1.34 bits per heavy atom. The number of piperidine rings is 2. The predicted octanol–water partition coefficient (Wildman–Crippen LogP) is -3.40. The maximum atomic E-state index is 2.36. The number of hydrogen-bond acceptors (Lipinski definition) is 0. The molecule has 0 aromatic heterocycles. The van der Waals surface area contributed by atoms with Crippen LogP contribution < -0.4 is 43.8 Å². The van der Waals surface area contributed by atoms with Gasteiger partial charge in [0.25, 0.3) is 0 Å². The zero-order valence-corrected chi connectivity index (χ0v) is 22.6. The number of quaternary nitrogens is 2. The van der Waals surface area contributed by atoms with Crippen LogP contribution in [0.5, 0.6) is 0 Å². The molecule has 4 atom stereocenters.